The van der Waals surface area contributed by atoms with Crippen molar-refractivity contribution in [1.82, 2.24) is 9.47 Å². The van der Waals surface area contributed by atoms with E-state index in [1.807, 2.05) is 30.3 Å². The molecule has 0 amide bonds. The highest BCUT2D eigenvalue weighted by Gasteiger charge is 2.22. The lowest BCUT2D eigenvalue weighted by molar-refractivity contribution is 0.0668. The number of aryl methyl sites for hydroxylation is 1. The van der Waals surface area contributed by atoms with Crippen LogP contribution in [0.2, 0.25) is 5.02 Å². The van der Waals surface area contributed by atoms with E-state index in [9.17, 15) is 0 Å². The van der Waals surface area contributed by atoms with Crippen LogP contribution in [0.3, 0.4) is 0 Å². The van der Waals surface area contributed by atoms with Crippen molar-refractivity contribution in [3.05, 3.63) is 89.4 Å². The minimum Gasteiger partial charge on any atom is -0.378 e. The highest BCUT2D eigenvalue weighted by atomic mass is 35.5. The monoisotopic (exact) mass is 429 g/mol. The molecule has 2 heterocycles. The molecule has 5 rings (SSSR count). The van der Waals surface area contributed by atoms with E-state index in [4.69, 9.17) is 21.3 Å². The maximum absolute atomic E-state index is 6.11. The van der Waals surface area contributed by atoms with Crippen LogP contribution in [0, 0.1) is 6.92 Å². The average Bonchev–Trinajstić information content (AvgIpc) is 3.18. The van der Waals surface area contributed by atoms with Gasteiger partial charge in [-0.1, -0.05) is 53.6 Å². The quantitative estimate of drug-likeness (QED) is 0.283. The fraction of sp³-hybridized carbons (Fsp3) is 0.192. The number of hydrogen-bond acceptors (Lipinski definition) is 2. The van der Waals surface area contributed by atoms with E-state index in [-0.39, 0.29) is 0 Å². The Morgan fingerprint density at radius 2 is 1.65 bits per heavy atom. The Morgan fingerprint density at radius 3 is 2.39 bits per heavy atom. The molecule has 0 atom stereocenters. The van der Waals surface area contributed by atoms with Crippen LogP contribution in [-0.4, -0.2) is 41.7 Å². The summed E-state index contributed by atoms with van der Waals surface area (Å²) in [6, 6.07) is 27.0. The lowest BCUT2D eigenvalue weighted by atomic mass is 10.1. The topological polar surface area (TPSA) is 29.8 Å². The Hall–Kier alpha value is -3.08. The van der Waals surface area contributed by atoms with E-state index in [1.165, 1.54) is 10.9 Å². The fourth-order valence-corrected chi connectivity index (χ4v) is 4.15. The number of aliphatic imine (C=N–C) groups is 1. The Morgan fingerprint density at radius 1 is 0.903 bits per heavy atom. The molecule has 0 spiro atoms. The molecule has 0 aliphatic carbocycles. The first kappa shape index (κ1) is 19.9. The molecule has 1 fully saturated rings. The van der Waals surface area contributed by atoms with Gasteiger partial charge >= 0.3 is 0 Å². The van der Waals surface area contributed by atoms with Gasteiger partial charge in [-0.3, -0.25) is 4.57 Å². The van der Waals surface area contributed by atoms with Crippen LogP contribution in [-0.2, 0) is 4.74 Å². The first-order chi connectivity index (χ1) is 15.2. The number of morpholine rings is 1. The molecule has 0 radical (unpaired) electrons. The molecule has 1 aliphatic heterocycles. The summed E-state index contributed by atoms with van der Waals surface area (Å²) in [6.07, 6.45) is 0. The second kappa shape index (κ2) is 8.58. The van der Waals surface area contributed by atoms with Gasteiger partial charge in [0, 0.05) is 23.5 Å². The molecule has 0 saturated carbocycles. The second-order valence-corrected chi connectivity index (χ2v) is 8.22. The van der Waals surface area contributed by atoms with Crippen molar-refractivity contribution in [2.75, 3.05) is 26.3 Å². The van der Waals surface area contributed by atoms with Crippen molar-refractivity contribution >= 4 is 34.2 Å². The highest BCUT2D eigenvalue weighted by Crippen LogP contribution is 2.30. The van der Waals surface area contributed by atoms with E-state index >= 15 is 0 Å². The number of hydrogen-bond donors (Lipinski definition) is 0. The summed E-state index contributed by atoms with van der Waals surface area (Å²) in [5, 5.41) is 1.91. The van der Waals surface area contributed by atoms with Gasteiger partial charge < -0.3 is 9.64 Å². The smallest absolute Gasteiger partial charge is 0.211 e. The number of benzene rings is 3. The molecule has 1 aromatic heterocycles. The maximum Gasteiger partial charge on any atom is 0.211 e. The maximum atomic E-state index is 6.11. The third-order valence-electron chi connectivity index (χ3n) is 5.58. The molecule has 0 N–H and O–H groups in total. The van der Waals surface area contributed by atoms with Crippen LogP contribution in [0.4, 0.5) is 5.69 Å². The number of halogens is 1. The summed E-state index contributed by atoms with van der Waals surface area (Å²) in [5.41, 5.74) is 5.54. The van der Waals surface area contributed by atoms with Crippen molar-refractivity contribution in [3.8, 4) is 11.3 Å². The van der Waals surface area contributed by atoms with Crippen molar-refractivity contribution in [2.45, 2.75) is 6.92 Å². The van der Waals surface area contributed by atoms with Crippen LogP contribution >= 0.6 is 11.6 Å². The first-order valence-corrected chi connectivity index (χ1v) is 10.9. The third-order valence-corrected chi connectivity index (χ3v) is 5.83. The molecule has 31 heavy (non-hydrogen) atoms. The van der Waals surface area contributed by atoms with E-state index in [0.717, 1.165) is 41.5 Å². The van der Waals surface area contributed by atoms with Gasteiger partial charge in [-0.2, -0.15) is 0 Å². The van der Waals surface area contributed by atoms with Gasteiger partial charge in [0.25, 0.3) is 0 Å². The summed E-state index contributed by atoms with van der Waals surface area (Å²) < 4.78 is 7.91. The third kappa shape index (κ3) is 4.09. The zero-order chi connectivity index (χ0) is 21.2. The Bertz CT molecular complexity index is 1220. The van der Waals surface area contributed by atoms with Crippen LogP contribution in [0.25, 0.3) is 22.2 Å². The number of fused-ring (bicyclic) bond motifs is 1. The van der Waals surface area contributed by atoms with Crippen LogP contribution < -0.4 is 0 Å². The Kier molecular flexibility index (Phi) is 5.49. The largest absolute Gasteiger partial charge is 0.378 e. The van der Waals surface area contributed by atoms with Crippen LogP contribution in [0.1, 0.15) is 5.56 Å². The van der Waals surface area contributed by atoms with Gasteiger partial charge in [0.05, 0.1) is 30.1 Å². The highest BCUT2D eigenvalue weighted by molar-refractivity contribution is 6.30. The zero-order valence-corrected chi connectivity index (χ0v) is 18.2. The van der Waals surface area contributed by atoms with Gasteiger partial charge in [0.15, 0.2) is 0 Å². The van der Waals surface area contributed by atoms with Gasteiger partial charge in [0.1, 0.15) is 0 Å². The summed E-state index contributed by atoms with van der Waals surface area (Å²) in [6.45, 7) is 5.11. The minimum absolute atomic E-state index is 0.693. The molecule has 1 aliphatic rings. The molecule has 4 nitrogen and oxygen atoms in total. The molecule has 0 unspecified atom stereocenters. The lowest BCUT2D eigenvalue weighted by Crippen LogP contribution is -2.44. The summed E-state index contributed by atoms with van der Waals surface area (Å²) >= 11 is 6.11. The predicted molar refractivity (Wildman–Crippen MR) is 128 cm³/mol. The van der Waals surface area contributed by atoms with Crippen molar-refractivity contribution in [3.63, 3.8) is 0 Å². The molecule has 3 aromatic carbocycles. The van der Waals surface area contributed by atoms with Gasteiger partial charge in [-0.05, 0) is 55.0 Å². The van der Waals surface area contributed by atoms with Gasteiger partial charge in [-0.25, -0.2) is 4.99 Å². The number of nitrogens with zero attached hydrogens (tertiary/aromatic N) is 3. The summed E-state index contributed by atoms with van der Waals surface area (Å²) in [5.74, 6) is 0.906. The molecule has 0 bridgehead atoms. The normalized spacial score (nSPS) is 14.9. The molecular weight excluding hydrogens is 406 g/mol. The fourth-order valence-electron chi connectivity index (χ4n) is 4.03. The molecule has 156 valence electrons. The number of ether oxygens (including phenoxy) is 1. The van der Waals surface area contributed by atoms with Crippen molar-refractivity contribution in [1.29, 1.82) is 0 Å². The van der Waals surface area contributed by atoms with Crippen LogP contribution in [0.15, 0.2) is 83.9 Å². The van der Waals surface area contributed by atoms with E-state index in [1.54, 1.807) is 0 Å². The standard InChI is InChI=1S/C26H24ClN3O/c1-19-7-12-24-21(17-19)18-25(20-5-3-2-4-6-20)30(24)26(29-13-15-31-16-14-29)28-23-10-8-22(27)9-11-23/h2-12,17-18H,13-16H2,1H3. The lowest BCUT2D eigenvalue weighted by Gasteiger charge is -2.31. The number of aromatic nitrogens is 1. The van der Waals surface area contributed by atoms with Gasteiger partial charge in [0.2, 0.25) is 5.96 Å². The first-order valence-electron chi connectivity index (χ1n) is 10.5. The van der Waals surface area contributed by atoms with Crippen molar-refractivity contribution in [2.24, 2.45) is 4.99 Å². The second-order valence-electron chi connectivity index (χ2n) is 7.78. The van der Waals surface area contributed by atoms with E-state index in [2.05, 4.69) is 64.9 Å². The van der Waals surface area contributed by atoms with Crippen LogP contribution in [0.5, 0.6) is 0 Å². The van der Waals surface area contributed by atoms with Gasteiger partial charge in [-0.15, -0.1) is 0 Å². The SMILES string of the molecule is Cc1ccc2c(c1)cc(-c1ccccc1)n2C(=Nc1ccc(Cl)cc1)N1CCOCC1. The summed E-state index contributed by atoms with van der Waals surface area (Å²) in [7, 11) is 0. The minimum atomic E-state index is 0.693. The van der Waals surface area contributed by atoms with Crippen molar-refractivity contribution < 1.29 is 4.74 Å². The molecule has 5 heteroatoms. The average molecular weight is 430 g/mol. The van der Waals surface area contributed by atoms with E-state index in [0.29, 0.717) is 18.2 Å². The Balaban J connectivity index is 1.76. The number of rotatable bonds is 2. The zero-order valence-electron chi connectivity index (χ0n) is 17.5. The molecule has 1 saturated heterocycles. The molecule has 4 aromatic rings. The predicted octanol–water partition coefficient (Wildman–Crippen LogP) is 6.14. The Labute approximate surface area is 187 Å². The van der Waals surface area contributed by atoms with E-state index < -0.39 is 0 Å². The summed E-state index contributed by atoms with van der Waals surface area (Å²) in [4.78, 5) is 7.43. The molecular formula is C26H24ClN3O.